The molecule has 0 spiro atoms. The molecule has 0 bridgehead atoms. The molecule has 2 saturated heterocycles. The number of nitrogens with zero attached hydrogens (tertiary/aromatic N) is 4. The molecule has 1 aromatic heterocycles. The maximum atomic E-state index is 13.4. The van der Waals surface area contributed by atoms with Gasteiger partial charge in [0.2, 0.25) is 0 Å². The molecule has 2 fully saturated rings. The largest absolute Gasteiger partial charge is 0.481 e. The van der Waals surface area contributed by atoms with Crippen molar-refractivity contribution in [3.63, 3.8) is 0 Å². The van der Waals surface area contributed by atoms with Gasteiger partial charge in [-0.1, -0.05) is 12.1 Å². The summed E-state index contributed by atoms with van der Waals surface area (Å²) in [6.45, 7) is 0.875. The van der Waals surface area contributed by atoms with Crippen LogP contribution in [0.15, 0.2) is 24.3 Å². The van der Waals surface area contributed by atoms with Crippen LogP contribution in [-0.2, 0) is 4.79 Å². The molecule has 4 rings (SSSR count). The zero-order chi connectivity index (χ0) is 19.2. The van der Waals surface area contributed by atoms with Gasteiger partial charge in [-0.15, -0.1) is 0 Å². The minimum atomic E-state index is -4.57. The summed E-state index contributed by atoms with van der Waals surface area (Å²) in [5, 5.41) is 9.29. The minimum absolute atomic E-state index is 0.229. The highest BCUT2D eigenvalue weighted by Gasteiger charge is 2.53. The average Bonchev–Trinajstić information content (AvgIpc) is 3.30. The van der Waals surface area contributed by atoms with Gasteiger partial charge in [0.1, 0.15) is 0 Å². The van der Waals surface area contributed by atoms with E-state index < -0.39 is 30.5 Å². The van der Waals surface area contributed by atoms with E-state index in [4.69, 9.17) is 0 Å². The Kier molecular flexibility index (Phi) is 4.32. The molecule has 1 aromatic carbocycles. The maximum absolute atomic E-state index is 13.4. The number of aliphatic carboxylic acids is 1. The van der Waals surface area contributed by atoms with Crippen LogP contribution >= 0.6 is 0 Å². The van der Waals surface area contributed by atoms with Crippen molar-refractivity contribution in [3.05, 3.63) is 24.3 Å². The molecule has 1 N–H and O–H groups in total. The van der Waals surface area contributed by atoms with Crippen LogP contribution < -0.4 is 9.80 Å². The lowest BCUT2D eigenvalue weighted by Crippen LogP contribution is -2.33. The number of carboxylic acids is 1. The normalized spacial score (nSPS) is 23.4. The van der Waals surface area contributed by atoms with Crippen LogP contribution in [0.4, 0.5) is 24.8 Å². The molecular weight excluding hydrogens is 361 g/mol. The first kappa shape index (κ1) is 17.8. The van der Waals surface area contributed by atoms with Crippen LogP contribution in [0.3, 0.4) is 0 Å². The Hall–Kier alpha value is -2.58. The predicted octanol–water partition coefficient (Wildman–Crippen LogP) is 2.93. The van der Waals surface area contributed by atoms with E-state index in [1.807, 2.05) is 17.0 Å². The summed E-state index contributed by atoms with van der Waals surface area (Å²) in [7, 11) is 0. The topological polar surface area (TPSA) is 69.6 Å². The van der Waals surface area contributed by atoms with Gasteiger partial charge in [0.15, 0.2) is 11.6 Å². The van der Waals surface area contributed by atoms with Gasteiger partial charge in [-0.25, -0.2) is 9.97 Å². The van der Waals surface area contributed by atoms with Crippen molar-refractivity contribution in [1.82, 2.24) is 9.97 Å². The third-order valence-corrected chi connectivity index (χ3v) is 5.30. The molecule has 9 heteroatoms. The third kappa shape index (κ3) is 3.26. The van der Waals surface area contributed by atoms with Gasteiger partial charge in [-0.05, 0) is 25.0 Å². The number of aromatic nitrogens is 2. The number of hydrogen-bond donors (Lipinski definition) is 1. The lowest BCUT2D eigenvalue weighted by Gasteiger charge is -2.26. The molecule has 0 radical (unpaired) electrons. The SMILES string of the molecule is O=C(O)[C@@H]1CN(c2nc3ccccc3nc2N2CCCC2)C[C@H]1C(F)(F)F. The van der Waals surface area contributed by atoms with Crippen molar-refractivity contribution < 1.29 is 23.1 Å². The number of benzene rings is 1. The zero-order valence-corrected chi connectivity index (χ0v) is 14.5. The fourth-order valence-corrected chi connectivity index (χ4v) is 3.89. The van der Waals surface area contributed by atoms with E-state index in [2.05, 4.69) is 9.97 Å². The molecule has 6 nitrogen and oxygen atoms in total. The molecule has 2 aromatic rings. The molecule has 144 valence electrons. The Bertz CT molecular complexity index is 867. The van der Waals surface area contributed by atoms with E-state index in [1.54, 1.807) is 12.1 Å². The molecule has 3 heterocycles. The first-order chi connectivity index (χ1) is 12.8. The molecule has 0 saturated carbocycles. The summed E-state index contributed by atoms with van der Waals surface area (Å²) in [4.78, 5) is 24.1. The van der Waals surface area contributed by atoms with Crippen LogP contribution in [0.1, 0.15) is 12.8 Å². The fourth-order valence-electron chi connectivity index (χ4n) is 3.89. The number of halogens is 3. The van der Waals surface area contributed by atoms with Crippen molar-refractivity contribution in [2.75, 3.05) is 36.0 Å². The highest BCUT2D eigenvalue weighted by Crippen LogP contribution is 2.41. The van der Waals surface area contributed by atoms with Crippen molar-refractivity contribution in [1.29, 1.82) is 0 Å². The standard InChI is InChI=1S/C18H19F3N4O2/c19-18(20,21)12-10-25(9-11(12)17(26)27)16-15(24-7-3-4-8-24)22-13-5-1-2-6-14(13)23-16/h1-2,5-6,11-12H,3-4,7-10H2,(H,26,27)/t11-,12-/m1/s1. The summed E-state index contributed by atoms with van der Waals surface area (Å²) in [5.74, 6) is -3.98. The van der Waals surface area contributed by atoms with Crippen molar-refractivity contribution in [2.24, 2.45) is 11.8 Å². The van der Waals surface area contributed by atoms with E-state index in [9.17, 15) is 23.1 Å². The Balaban J connectivity index is 1.78. The molecule has 0 amide bonds. The lowest BCUT2D eigenvalue weighted by molar-refractivity contribution is -0.187. The average molecular weight is 380 g/mol. The minimum Gasteiger partial charge on any atom is -0.481 e. The van der Waals surface area contributed by atoms with Crippen LogP contribution in [0, 0.1) is 11.8 Å². The fraction of sp³-hybridized carbons (Fsp3) is 0.500. The molecule has 2 atom stereocenters. The van der Waals surface area contributed by atoms with Gasteiger partial charge < -0.3 is 14.9 Å². The molecule has 2 aliphatic heterocycles. The van der Waals surface area contributed by atoms with E-state index in [-0.39, 0.29) is 6.54 Å². The highest BCUT2D eigenvalue weighted by molar-refractivity contribution is 5.82. The first-order valence-electron chi connectivity index (χ1n) is 8.91. The third-order valence-electron chi connectivity index (χ3n) is 5.30. The molecule has 2 aliphatic rings. The second-order valence-electron chi connectivity index (χ2n) is 7.05. The van der Waals surface area contributed by atoms with E-state index in [0.717, 1.165) is 25.9 Å². The summed E-state index contributed by atoms with van der Waals surface area (Å²) in [5.41, 5.74) is 1.25. The molecule has 0 unspecified atom stereocenters. The highest BCUT2D eigenvalue weighted by atomic mass is 19.4. The van der Waals surface area contributed by atoms with Crippen molar-refractivity contribution >= 4 is 28.6 Å². The van der Waals surface area contributed by atoms with Gasteiger partial charge in [-0.3, -0.25) is 4.79 Å². The van der Waals surface area contributed by atoms with Crippen LogP contribution in [0.25, 0.3) is 11.0 Å². The van der Waals surface area contributed by atoms with E-state index >= 15 is 0 Å². The molecule has 27 heavy (non-hydrogen) atoms. The van der Waals surface area contributed by atoms with Crippen LogP contribution in [0.5, 0.6) is 0 Å². The Morgan fingerprint density at radius 3 is 2.04 bits per heavy atom. The van der Waals surface area contributed by atoms with Gasteiger partial charge in [0.25, 0.3) is 0 Å². The number of carboxylic acid groups (broad SMARTS) is 1. The Morgan fingerprint density at radius 1 is 1.00 bits per heavy atom. The Labute approximate surface area is 153 Å². The summed E-state index contributed by atoms with van der Waals surface area (Å²) >= 11 is 0. The van der Waals surface area contributed by atoms with Crippen LogP contribution in [-0.4, -0.2) is 53.4 Å². The quantitative estimate of drug-likeness (QED) is 0.883. The van der Waals surface area contributed by atoms with Gasteiger partial charge in [0, 0.05) is 26.2 Å². The number of para-hydroxylation sites is 2. The summed E-state index contributed by atoms with van der Waals surface area (Å²) in [6.07, 6.45) is -2.61. The second kappa shape index (κ2) is 6.54. The number of hydrogen-bond acceptors (Lipinski definition) is 5. The molecule has 0 aliphatic carbocycles. The zero-order valence-electron chi connectivity index (χ0n) is 14.5. The number of rotatable bonds is 3. The van der Waals surface area contributed by atoms with Crippen LogP contribution in [0.2, 0.25) is 0 Å². The smallest absolute Gasteiger partial charge is 0.394 e. The van der Waals surface area contributed by atoms with Gasteiger partial charge >= 0.3 is 12.1 Å². The number of alkyl halides is 3. The lowest BCUT2D eigenvalue weighted by atomic mass is 9.96. The number of anilines is 2. The summed E-state index contributed by atoms with van der Waals surface area (Å²) in [6, 6.07) is 7.19. The van der Waals surface area contributed by atoms with E-state index in [1.165, 1.54) is 4.90 Å². The number of fused-ring (bicyclic) bond motifs is 1. The van der Waals surface area contributed by atoms with Crippen molar-refractivity contribution in [2.45, 2.75) is 19.0 Å². The van der Waals surface area contributed by atoms with E-state index in [0.29, 0.717) is 22.7 Å². The van der Waals surface area contributed by atoms with Crippen molar-refractivity contribution in [3.8, 4) is 0 Å². The number of carbonyl (C=O) groups is 1. The maximum Gasteiger partial charge on any atom is 0.394 e. The summed E-state index contributed by atoms with van der Waals surface area (Å²) < 4.78 is 40.1. The second-order valence-corrected chi connectivity index (χ2v) is 7.05. The van der Waals surface area contributed by atoms with Gasteiger partial charge in [-0.2, -0.15) is 13.2 Å². The Morgan fingerprint density at radius 2 is 1.56 bits per heavy atom. The molecular formula is C18H19F3N4O2. The first-order valence-corrected chi connectivity index (χ1v) is 8.91. The van der Waals surface area contributed by atoms with Gasteiger partial charge in [0.05, 0.1) is 22.9 Å². The monoisotopic (exact) mass is 380 g/mol. The predicted molar refractivity (Wildman–Crippen MR) is 93.9 cm³/mol.